The number of aromatic nitrogens is 2. The van der Waals surface area contributed by atoms with Crippen molar-refractivity contribution in [3.8, 4) is 0 Å². The fraction of sp³-hybridized carbons (Fsp3) is 0.308. The second kappa shape index (κ2) is 6.29. The van der Waals surface area contributed by atoms with Crippen molar-refractivity contribution in [1.29, 1.82) is 0 Å². The average molecular weight is 277 g/mol. The fourth-order valence-electron chi connectivity index (χ4n) is 1.43. The number of carbonyl (C=O) groups excluding carboxylic acids is 1. The molecule has 0 radical (unpaired) electrons. The maximum absolute atomic E-state index is 11.6. The Morgan fingerprint density at radius 1 is 1.53 bits per heavy atom. The summed E-state index contributed by atoms with van der Waals surface area (Å²) in [5, 5.41) is 12.1. The Balaban J connectivity index is 1.90. The van der Waals surface area contributed by atoms with Gasteiger partial charge in [-0.05, 0) is 24.1 Å². The van der Waals surface area contributed by atoms with Crippen LogP contribution < -0.4 is 5.32 Å². The molecule has 100 valence electrons. The minimum Gasteiger partial charge on any atom is -0.465 e. The summed E-state index contributed by atoms with van der Waals surface area (Å²) < 4.78 is 5.09. The topological polar surface area (TPSA) is 68.0 Å². The number of furan rings is 1. The van der Waals surface area contributed by atoms with Gasteiger partial charge in [-0.3, -0.25) is 10.1 Å². The van der Waals surface area contributed by atoms with Crippen molar-refractivity contribution < 1.29 is 9.21 Å². The van der Waals surface area contributed by atoms with Crippen LogP contribution in [0.1, 0.15) is 24.6 Å². The molecule has 0 fully saturated rings. The second-order valence-electron chi connectivity index (χ2n) is 4.44. The zero-order chi connectivity index (χ0) is 13.7. The van der Waals surface area contributed by atoms with E-state index in [1.54, 1.807) is 24.5 Å². The Morgan fingerprint density at radius 3 is 3.05 bits per heavy atom. The molecular formula is C13H15N3O2S. The Hall–Kier alpha value is -1.95. The van der Waals surface area contributed by atoms with Crippen LogP contribution in [0.2, 0.25) is 0 Å². The van der Waals surface area contributed by atoms with Gasteiger partial charge in [0, 0.05) is 12.5 Å². The van der Waals surface area contributed by atoms with Gasteiger partial charge in [-0.25, -0.2) is 0 Å². The van der Waals surface area contributed by atoms with E-state index in [2.05, 4.69) is 29.4 Å². The van der Waals surface area contributed by atoms with Gasteiger partial charge in [-0.15, -0.1) is 10.2 Å². The molecule has 1 N–H and O–H groups in total. The van der Waals surface area contributed by atoms with Crippen LogP contribution in [-0.2, 0) is 11.2 Å². The van der Waals surface area contributed by atoms with Crippen LogP contribution in [-0.4, -0.2) is 16.1 Å². The van der Waals surface area contributed by atoms with E-state index < -0.39 is 0 Å². The highest BCUT2D eigenvalue weighted by molar-refractivity contribution is 7.15. The Labute approximate surface area is 115 Å². The van der Waals surface area contributed by atoms with Gasteiger partial charge in [0.2, 0.25) is 11.0 Å². The molecule has 0 saturated heterocycles. The van der Waals surface area contributed by atoms with Crippen LogP contribution in [0.5, 0.6) is 0 Å². The Bertz CT molecular complexity index is 558. The molecule has 19 heavy (non-hydrogen) atoms. The molecule has 0 aromatic carbocycles. The van der Waals surface area contributed by atoms with Gasteiger partial charge in [0.15, 0.2) is 0 Å². The third-order valence-electron chi connectivity index (χ3n) is 2.22. The van der Waals surface area contributed by atoms with Gasteiger partial charge in [-0.1, -0.05) is 25.2 Å². The van der Waals surface area contributed by atoms with Crippen molar-refractivity contribution in [2.24, 2.45) is 5.92 Å². The van der Waals surface area contributed by atoms with Crippen molar-refractivity contribution in [1.82, 2.24) is 10.2 Å². The van der Waals surface area contributed by atoms with E-state index >= 15 is 0 Å². The van der Waals surface area contributed by atoms with Crippen LogP contribution >= 0.6 is 11.3 Å². The van der Waals surface area contributed by atoms with E-state index in [1.807, 2.05) is 0 Å². The third kappa shape index (κ3) is 4.33. The lowest BCUT2D eigenvalue weighted by molar-refractivity contribution is -0.111. The molecule has 0 aliphatic heterocycles. The smallest absolute Gasteiger partial charge is 0.250 e. The first kappa shape index (κ1) is 13.5. The maximum Gasteiger partial charge on any atom is 0.250 e. The van der Waals surface area contributed by atoms with Gasteiger partial charge < -0.3 is 4.42 Å². The maximum atomic E-state index is 11.6. The Morgan fingerprint density at radius 2 is 2.37 bits per heavy atom. The summed E-state index contributed by atoms with van der Waals surface area (Å²) >= 11 is 1.40. The molecule has 2 aromatic heterocycles. The van der Waals surface area contributed by atoms with Crippen LogP contribution in [0.4, 0.5) is 5.13 Å². The lowest BCUT2D eigenvalue weighted by Crippen LogP contribution is -2.07. The molecule has 0 aliphatic rings. The number of carbonyl (C=O) groups is 1. The molecule has 6 heteroatoms. The second-order valence-corrected chi connectivity index (χ2v) is 5.50. The summed E-state index contributed by atoms with van der Waals surface area (Å²) in [7, 11) is 0. The number of rotatable bonds is 5. The number of nitrogens with zero attached hydrogens (tertiary/aromatic N) is 2. The van der Waals surface area contributed by atoms with E-state index in [4.69, 9.17) is 4.42 Å². The molecule has 0 aliphatic carbocycles. The lowest BCUT2D eigenvalue weighted by Gasteiger charge is -1.97. The summed E-state index contributed by atoms with van der Waals surface area (Å²) in [6.45, 7) is 4.23. The highest BCUT2D eigenvalue weighted by atomic mass is 32.1. The summed E-state index contributed by atoms with van der Waals surface area (Å²) in [6.07, 6.45) is 5.43. The quantitative estimate of drug-likeness (QED) is 0.853. The highest BCUT2D eigenvalue weighted by Crippen LogP contribution is 2.18. The minimum atomic E-state index is -0.247. The van der Waals surface area contributed by atoms with E-state index in [-0.39, 0.29) is 5.91 Å². The zero-order valence-electron chi connectivity index (χ0n) is 10.8. The summed E-state index contributed by atoms with van der Waals surface area (Å²) in [5.74, 6) is 0.909. The standard InChI is InChI=1S/C13H15N3O2S/c1-9(2)8-12-15-16-13(19-12)14-11(17)6-5-10-4-3-7-18-10/h3-7,9H,8H2,1-2H3,(H,14,16,17). The SMILES string of the molecule is CC(C)Cc1nnc(NC(=O)C=Cc2ccco2)s1. The molecule has 0 atom stereocenters. The zero-order valence-corrected chi connectivity index (χ0v) is 11.6. The molecule has 2 aromatic rings. The molecule has 2 heterocycles. The number of amides is 1. The van der Waals surface area contributed by atoms with E-state index in [9.17, 15) is 4.79 Å². The summed E-state index contributed by atoms with van der Waals surface area (Å²) in [5.41, 5.74) is 0. The number of hydrogen-bond acceptors (Lipinski definition) is 5. The van der Waals surface area contributed by atoms with Crippen molar-refractivity contribution in [3.63, 3.8) is 0 Å². The fourth-order valence-corrected chi connectivity index (χ4v) is 2.38. The van der Waals surface area contributed by atoms with E-state index in [0.29, 0.717) is 16.8 Å². The van der Waals surface area contributed by atoms with Gasteiger partial charge >= 0.3 is 0 Å². The molecule has 0 saturated carbocycles. The number of hydrogen-bond donors (Lipinski definition) is 1. The lowest BCUT2D eigenvalue weighted by atomic mass is 10.1. The molecule has 0 unspecified atom stereocenters. The normalized spacial score (nSPS) is 11.3. The van der Waals surface area contributed by atoms with E-state index in [0.717, 1.165) is 11.4 Å². The summed E-state index contributed by atoms with van der Waals surface area (Å²) in [6, 6.07) is 3.54. The molecule has 0 spiro atoms. The first-order chi connectivity index (χ1) is 9.13. The van der Waals surface area contributed by atoms with Crippen LogP contribution in [0.15, 0.2) is 28.9 Å². The number of anilines is 1. The van der Waals surface area contributed by atoms with Gasteiger partial charge in [-0.2, -0.15) is 0 Å². The van der Waals surface area contributed by atoms with Crippen molar-refractivity contribution in [3.05, 3.63) is 35.2 Å². The molecule has 0 bridgehead atoms. The molecule has 1 amide bonds. The van der Waals surface area contributed by atoms with Crippen molar-refractivity contribution in [2.45, 2.75) is 20.3 Å². The van der Waals surface area contributed by atoms with Crippen LogP contribution in [0.25, 0.3) is 6.08 Å². The predicted octanol–water partition coefficient (Wildman–Crippen LogP) is 2.98. The average Bonchev–Trinajstić information content (AvgIpc) is 2.97. The van der Waals surface area contributed by atoms with Gasteiger partial charge in [0.1, 0.15) is 10.8 Å². The Kier molecular flexibility index (Phi) is 4.46. The van der Waals surface area contributed by atoms with Crippen LogP contribution in [0, 0.1) is 5.92 Å². The van der Waals surface area contributed by atoms with Crippen molar-refractivity contribution in [2.75, 3.05) is 5.32 Å². The molecule has 5 nitrogen and oxygen atoms in total. The number of nitrogens with one attached hydrogen (secondary N) is 1. The highest BCUT2D eigenvalue weighted by Gasteiger charge is 2.07. The first-order valence-corrected chi connectivity index (χ1v) is 6.80. The van der Waals surface area contributed by atoms with Gasteiger partial charge in [0.25, 0.3) is 0 Å². The first-order valence-electron chi connectivity index (χ1n) is 5.98. The van der Waals surface area contributed by atoms with E-state index in [1.165, 1.54) is 17.4 Å². The minimum absolute atomic E-state index is 0.247. The monoisotopic (exact) mass is 277 g/mol. The largest absolute Gasteiger partial charge is 0.465 e. The predicted molar refractivity (Wildman–Crippen MR) is 74.8 cm³/mol. The molecule has 2 rings (SSSR count). The van der Waals surface area contributed by atoms with Crippen LogP contribution in [0.3, 0.4) is 0 Å². The molecular weight excluding hydrogens is 262 g/mol. The third-order valence-corrected chi connectivity index (χ3v) is 3.08. The summed E-state index contributed by atoms with van der Waals surface area (Å²) in [4.78, 5) is 11.6. The van der Waals surface area contributed by atoms with Crippen molar-refractivity contribution >= 4 is 28.5 Å². The van der Waals surface area contributed by atoms with Gasteiger partial charge in [0.05, 0.1) is 6.26 Å².